The fourth-order valence-corrected chi connectivity index (χ4v) is 3.32. The van der Waals surface area contributed by atoms with Crippen molar-refractivity contribution in [1.82, 2.24) is 15.5 Å². The maximum absolute atomic E-state index is 12.4. The molecule has 0 spiro atoms. The van der Waals surface area contributed by atoms with Gasteiger partial charge in [-0.15, -0.1) is 10.2 Å². The van der Waals surface area contributed by atoms with E-state index in [-0.39, 0.29) is 18.2 Å². The van der Waals surface area contributed by atoms with Gasteiger partial charge in [-0.1, -0.05) is 60.7 Å². The van der Waals surface area contributed by atoms with E-state index in [4.69, 9.17) is 0 Å². The summed E-state index contributed by atoms with van der Waals surface area (Å²) in [7, 11) is 0. The van der Waals surface area contributed by atoms with Crippen molar-refractivity contribution in [1.29, 1.82) is 0 Å². The highest BCUT2D eigenvalue weighted by atomic mass is 32.1. The highest BCUT2D eigenvalue weighted by molar-refractivity contribution is 7.15. The van der Waals surface area contributed by atoms with E-state index in [9.17, 15) is 9.59 Å². The summed E-state index contributed by atoms with van der Waals surface area (Å²) in [6, 6.07) is 13.1. The van der Waals surface area contributed by atoms with Crippen molar-refractivity contribution in [2.24, 2.45) is 0 Å². The van der Waals surface area contributed by atoms with E-state index < -0.39 is 6.04 Å². The van der Waals surface area contributed by atoms with Crippen molar-refractivity contribution >= 4 is 39.1 Å². The Labute approximate surface area is 155 Å². The topological polar surface area (TPSA) is 84.0 Å². The summed E-state index contributed by atoms with van der Waals surface area (Å²) in [4.78, 5) is 24.6. The van der Waals surface area contributed by atoms with Crippen molar-refractivity contribution in [3.63, 3.8) is 0 Å². The molecule has 0 fully saturated rings. The van der Waals surface area contributed by atoms with E-state index in [1.807, 2.05) is 49.4 Å². The highest BCUT2D eigenvalue weighted by Crippen LogP contribution is 2.19. The Balaban J connectivity index is 1.60. The monoisotopic (exact) mass is 368 g/mol. The summed E-state index contributed by atoms with van der Waals surface area (Å²) < 4.78 is 0. The van der Waals surface area contributed by atoms with E-state index in [0.29, 0.717) is 5.13 Å². The van der Waals surface area contributed by atoms with Gasteiger partial charge in [0.1, 0.15) is 11.0 Å². The number of aryl methyl sites for hydroxylation is 1. The third kappa shape index (κ3) is 4.23. The Bertz CT molecular complexity index is 933. The molecule has 1 aromatic heterocycles. The maximum Gasteiger partial charge on any atom is 0.248 e. The largest absolute Gasteiger partial charge is 0.344 e. The number of rotatable bonds is 6. The molecule has 0 aliphatic carbocycles. The van der Waals surface area contributed by atoms with Crippen LogP contribution in [0, 0.1) is 0 Å². The minimum Gasteiger partial charge on any atom is -0.344 e. The Hall–Kier alpha value is -2.80. The van der Waals surface area contributed by atoms with Crippen LogP contribution in [0.5, 0.6) is 0 Å². The molecule has 3 rings (SSSR count). The zero-order valence-corrected chi connectivity index (χ0v) is 15.5. The van der Waals surface area contributed by atoms with Crippen LogP contribution in [0.4, 0.5) is 5.13 Å². The van der Waals surface area contributed by atoms with Gasteiger partial charge in [0, 0.05) is 0 Å². The summed E-state index contributed by atoms with van der Waals surface area (Å²) in [5.41, 5.74) is 0.935. The standard InChI is InChI=1S/C19H20N4O2S/c1-3-17-22-23-19(26-17)21-18(25)12(2)20-16(24)11-14-9-6-8-13-7-4-5-10-15(13)14/h4-10,12H,3,11H2,1-2H3,(H,20,24)(H,21,23,25)/t12-/m1/s1. The van der Waals surface area contributed by atoms with Crippen LogP contribution in [0.2, 0.25) is 0 Å². The number of hydrogen-bond acceptors (Lipinski definition) is 5. The van der Waals surface area contributed by atoms with E-state index in [2.05, 4.69) is 20.8 Å². The average molecular weight is 368 g/mol. The number of nitrogens with one attached hydrogen (secondary N) is 2. The molecule has 1 atom stereocenters. The van der Waals surface area contributed by atoms with Gasteiger partial charge in [0.2, 0.25) is 16.9 Å². The molecule has 1 heterocycles. The second kappa shape index (κ2) is 8.05. The minimum absolute atomic E-state index is 0.199. The molecule has 7 heteroatoms. The first-order valence-corrected chi connectivity index (χ1v) is 9.27. The number of hydrogen-bond donors (Lipinski definition) is 2. The van der Waals surface area contributed by atoms with Crippen LogP contribution in [0.3, 0.4) is 0 Å². The lowest BCUT2D eigenvalue weighted by Crippen LogP contribution is -2.42. The van der Waals surface area contributed by atoms with Gasteiger partial charge < -0.3 is 5.32 Å². The molecule has 2 amide bonds. The van der Waals surface area contributed by atoms with E-state index in [0.717, 1.165) is 27.8 Å². The number of carbonyl (C=O) groups is 2. The molecule has 26 heavy (non-hydrogen) atoms. The molecule has 2 N–H and O–H groups in total. The first-order valence-electron chi connectivity index (χ1n) is 8.46. The smallest absolute Gasteiger partial charge is 0.248 e. The van der Waals surface area contributed by atoms with Gasteiger partial charge in [-0.25, -0.2) is 0 Å². The number of amides is 2. The Kier molecular flexibility index (Phi) is 5.58. The van der Waals surface area contributed by atoms with Crippen LogP contribution in [-0.2, 0) is 22.4 Å². The van der Waals surface area contributed by atoms with Gasteiger partial charge in [-0.05, 0) is 29.7 Å². The number of fused-ring (bicyclic) bond motifs is 1. The lowest BCUT2D eigenvalue weighted by molar-refractivity contribution is -0.125. The van der Waals surface area contributed by atoms with E-state index in [1.165, 1.54) is 11.3 Å². The zero-order chi connectivity index (χ0) is 18.5. The van der Waals surface area contributed by atoms with E-state index >= 15 is 0 Å². The molecule has 0 saturated heterocycles. The summed E-state index contributed by atoms with van der Waals surface area (Å²) in [6.07, 6.45) is 0.989. The average Bonchev–Trinajstić information content (AvgIpc) is 3.09. The molecule has 0 bridgehead atoms. The number of benzene rings is 2. The molecule has 3 aromatic rings. The molecule has 0 radical (unpaired) electrons. The lowest BCUT2D eigenvalue weighted by Gasteiger charge is -2.13. The Morgan fingerprint density at radius 3 is 2.65 bits per heavy atom. The fourth-order valence-electron chi connectivity index (χ4n) is 2.64. The molecule has 6 nitrogen and oxygen atoms in total. The van der Waals surface area contributed by atoms with Gasteiger partial charge in [0.25, 0.3) is 0 Å². The fraction of sp³-hybridized carbons (Fsp3) is 0.263. The van der Waals surface area contributed by atoms with Crippen LogP contribution in [0.25, 0.3) is 10.8 Å². The Morgan fingerprint density at radius 1 is 1.12 bits per heavy atom. The number of anilines is 1. The number of aromatic nitrogens is 2. The second-order valence-corrected chi connectivity index (χ2v) is 7.01. The van der Waals surface area contributed by atoms with Gasteiger partial charge in [0.15, 0.2) is 0 Å². The van der Waals surface area contributed by atoms with Gasteiger partial charge >= 0.3 is 0 Å². The molecule has 0 aliphatic rings. The molecule has 134 valence electrons. The van der Waals surface area contributed by atoms with Crippen LogP contribution in [-0.4, -0.2) is 28.1 Å². The first kappa shape index (κ1) is 18.0. The van der Waals surface area contributed by atoms with Gasteiger partial charge in [0.05, 0.1) is 6.42 Å². The third-order valence-electron chi connectivity index (χ3n) is 4.00. The predicted molar refractivity (Wildman–Crippen MR) is 103 cm³/mol. The molecular weight excluding hydrogens is 348 g/mol. The van der Waals surface area contributed by atoms with Crippen LogP contribution < -0.4 is 10.6 Å². The minimum atomic E-state index is -0.661. The van der Waals surface area contributed by atoms with Crippen LogP contribution in [0.1, 0.15) is 24.4 Å². The molecule has 0 unspecified atom stereocenters. The van der Waals surface area contributed by atoms with Gasteiger partial charge in [-0.2, -0.15) is 0 Å². The van der Waals surface area contributed by atoms with Crippen molar-refractivity contribution in [3.05, 3.63) is 53.0 Å². The van der Waals surface area contributed by atoms with E-state index in [1.54, 1.807) is 6.92 Å². The van der Waals surface area contributed by atoms with Crippen LogP contribution >= 0.6 is 11.3 Å². The normalized spacial score (nSPS) is 11.9. The van der Waals surface area contributed by atoms with Gasteiger partial charge in [-0.3, -0.25) is 14.9 Å². The summed E-state index contributed by atoms with van der Waals surface area (Å²) in [5, 5.41) is 16.7. The third-order valence-corrected chi connectivity index (χ3v) is 4.98. The summed E-state index contributed by atoms with van der Waals surface area (Å²) >= 11 is 1.33. The summed E-state index contributed by atoms with van der Waals surface area (Å²) in [5.74, 6) is -0.509. The summed E-state index contributed by atoms with van der Waals surface area (Å²) in [6.45, 7) is 3.63. The molecule has 0 saturated carbocycles. The van der Waals surface area contributed by atoms with Crippen molar-refractivity contribution in [2.45, 2.75) is 32.7 Å². The SMILES string of the molecule is CCc1nnc(NC(=O)[C@@H](C)NC(=O)Cc2cccc3ccccc23)s1. The zero-order valence-electron chi connectivity index (χ0n) is 14.7. The number of nitrogens with zero attached hydrogens (tertiary/aromatic N) is 2. The quantitative estimate of drug-likeness (QED) is 0.701. The maximum atomic E-state index is 12.4. The molecule has 0 aliphatic heterocycles. The molecular formula is C19H20N4O2S. The van der Waals surface area contributed by atoms with Crippen molar-refractivity contribution < 1.29 is 9.59 Å². The van der Waals surface area contributed by atoms with Crippen molar-refractivity contribution in [3.8, 4) is 0 Å². The van der Waals surface area contributed by atoms with Crippen molar-refractivity contribution in [2.75, 3.05) is 5.32 Å². The number of carbonyl (C=O) groups excluding carboxylic acids is 2. The predicted octanol–water partition coefficient (Wildman–Crippen LogP) is 2.94. The second-order valence-electron chi connectivity index (χ2n) is 5.95. The molecule has 2 aromatic carbocycles. The first-order chi connectivity index (χ1) is 12.6. The lowest BCUT2D eigenvalue weighted by atomic mass is 10.0. The Morgan fingerprint density at radius 2 is 1.88 bits per heavy atom. The highest BCUT2D eigenvalue weighted by Gasteiger charge is 2.18. The van der Waals surface area contributed by atoms with Crippen LogP contribution in [0.15, 0.2) is 42.5 Å².